The van der Waals surface area contributed by atoms with Gasteiger partial charge in [-0.25, -0.2) is 15.0 Å². The Morgan fingerprint density at radius 3 is 2.44 bits per heavy atom. The lowest BCUT2D eigenvalue weighted by molar-refractivity contribution is 0.265. The Hall–Kier alpha value is -3.72. The third-order valence-corrected chi connectivity index (χ3v) is 7.01. The number of likely N-dealkylation sites (tertiary alicyclic amines) is 1. The van der Waals surface area contributed by atoms with Crippen LogP contribution < -0.4 is 15.5 Å². The number of pyridine rings is 1. The van der Waals surface area contributed by atoms with Crippen LogP contribution in [-0.4, -0.2) is 68.7 Å². The zero-order valence-corrected chi connectivity index (χ0v) is 19.7. The summed E-state index contributed by atoms with van der Waals surface area (Å²) < 4.78 is 1.95. The molecular formula is C25H29N9. The first kappa shape index (κ1) is 20.9. The number of fused-ring (bicyclic) bond motifs is 3. The molecule has 1 aromatic carbocycles. The molecule has 34 heavy (non-hydrogen) atoms. The van der Waals surface area contributed by atoms with E-state index >= 15 is 0 Å². The lowest BCUT2D eigenvalue weighted by Gasteiger charge is -2.41. The minimum atomic E-state index is 0.622. The monoisotopic (exact) mass is 455 g/mol. The Labute approximate surface area is 198 Å². The van der Waals surface area contributed by atoms with Crippen molar-refractivity contribution in [1.29, 1.82) is 0 Å². The molecule has 2 fully saturated rings. The van der Waals surface area contributed by atoms with Gasteiger partial charge in [-0.05, 0) is 44.2 Å². The van der Waals surface area contributed by atoms with Gasteiger partial charge in [-0.15, -0.1) is 0 Å². The molecule has 2 aliphatic rings. The SMILES string of the molecule is CNc1nc(Nc2ccc(N3C4CCC3CN(C)C4)cc2)cnc1-c1cncc2c1ncn2C. The molecule has 0 amide bonds. The molecule has 2 bridgehead atoms. The quantitative estimate of drug-likeness (QED) is 0.473. The van der Waals surface area contributed by atoms with E-state index in [2.05, 4.69) is 61.7 Å². The average Bonchev–Trinajstić information content (AvgIpc) is 3.36. The number of aryl methyl sites for hydroxylation is 1. The maximum Gasteiger partial charge on any atom is 0.154 e. The third-order valence-electron chi connectivity index (χ3n) is 7.01. The summed E-state index contributed by atoms with van der Waals surface area (Å²) in [5.41, 5.74) is 5.69. The average molecular weight is 456 g/mol. The van der Waals surface area contributed by atoms with Gasteiger partial charge in [-0.1, -0.05) is 0 Å². The minimum Gasteiger partial charge on any atom is -0.371 e. The van der Waals surface area contributed by atoms with Gasteiger partial charge in [0.05, 0.1) is 29.8 Å². The van der Waals surface area contributed by atoms with Crippen LogP contribution in [0.25, 0.3) is 22.3 Å². The van der Waals surface area contributed by atoms with Crippen LogP contribution in [0.3, 0.4) is 0 Å². The van der Waals surface area contributed by atoms with Crippen LogP contribution in [-0.2, 0) is 7.05 Å². The van der Waals surface area contributed by atoms with Crippen LogP contribution in [0, 0.1) is 0 Å². The van der Waals surface area contributed by atoms with Gasteiger partial charge in [-0.3, -0.25) is 4.98 Å². The summed E-state index contributed by atoms with van der Waals surface area (Å²) in [5.74, 6) is 1.36. The molecule has 2 unspecified atom stereocenters. The van der Waals surface area contributed by atoms with E-state index < -0.39 is 0 Å². The smallest absolute Gasteiger partial charge is 0.154 e. The molecule has 9 heteroatoms. The first-order chi connectivity index (χ1) is 16.6. The maximum atomic E-state index is 4.77. The van der Waals surface area contributed by atoms with E-state index in [0.717, 1.165) is 41.1 Å². The Morgan fingerprint density at radius 1 is 0.941 bits per heavy atom. The molecule has 0 radical (unpaired) electrons. The second-order valence-corrected chi connectivity index (χ2v) is 9.30. The number of aromatic nitrogens is 5. The number of benzene rings is 1. The number of likely N-dealkylation sites (N-methyl/N-ethyl adjacent to an activating group) is 1. The molecule has 0 saturated carbocycles. The van der Waals surface area contributed by atoms with Crippen LogP contribution in [0.5, 0.6) is 0 Å². The van der Waals surface area contributed by atoms with Crippen molar-refractivity contribution in [1.82, 2.24) is 29.4 Å². The highest BCUT2D eigenvalue weighted by Gasteiger charge is 2.38. The van der Waals surface area contributed by atoms with Gasteiger partial charge in [0.2, 0.25) is 0 Å². The summed E-state index contributed by atoms with van der Waals surface area (Å²) in [4.78, 5) is 23.5. The summed E-state index contributed by atoms with van der Waals surface area (Å²) in [6.07, 6.45) is 9.71. The fourth-order valence-corrected chi connectivity index (χ4v) is 5.44. The summed E-state index contributed by atoms with van der Waals surface area (Å²) in [5, 5.41) is 6.58. The topological polar surface area (TPSA) is 87.0 Å². The second kappa shape index (κ2) is 8.25. The van der Waals surface area contributed by atoms with E-state index in [9.17, 15) is 0 Å². The van der Waals surface area contributed by atoms with Crippen molar-refractivity contribution in [2.45, 2.75) is 24.9 Å². The molecule has 2 atom stereocenters. The Morgan fingerprint density at radius 2 is 1.71 bits per heavy atom. The summed E-state index contributed by atoms with van der Waals surface area (Å²) in [6, 6.07) is 9.93. The van der Waals surface area contributed by atoms with Gasteiger partial charge in [0.15, 0.2) is 11.6 Å². The Balaban J connectivity index is 1.24. The number of piperazine rings is 1. The number of hydrogen-bond acceptors (Lipinski definition) is 8. The number of hydrogen-bond donors (Lipinski definition) is 2. The van der Waals surface area contributed by atoms with Crippen molar-refractivity contribution >= 4 is 34.0 Å². The normalized spacial score (nSPS) is 20.1. The minimum absolute atomic E-state index is 0.622. The van der Waals surface area contributed by atoms with Crippen LogP contribution in [0.2, 0.25) is 0 Å². The van der Waals surface area contributed by atoms with E-state index in [-0.39, 0.29) is 0 Å². The molecule has 174 valence electrons. The molecule has 0 aliphatic carbocycles. The lowest BCUT2D eigenvalue weighted by atomic mass is 10.1. The fraction of sp³-hybridized carbons (Fsp3) is 0.360. The van der Waals surface area contributed by atoms with Gasteiger partial charge in [0.1, 0.15) is 11.2 Å². The Bertz CT molecular complexity index is 1320. The number of nitrogens with zero attached hydrogens (tertiary/aromatic N) is 7. The fourth-order valence-electron chi connectivity index (χ4n) is 5.44. The molecule has 5 heterocycles. The summed E-state index contributed by atoms with van der Waals surface area (Å²) in [7, 11) is 6.04. The van der Waals surface area contributed by atoms with Crippen LogP contribution in [0.1, 0.15) is 12.8 Å². The summed E-state index contributed by atoms with van der Waals surface area (Å²) >= 11 is 0. The number of imidazole rings is 1. The van der Waals surface area contributed by atoms with E-state index in [4.69, 9.17) is 9.97 Å². The van der Waals surface area contributed by atoms with Gasteiger partial charge in [0.25, 0.3) is 0 Å². The predicted octanol–water partition coefficient (Wildman–Crippen LogP) is 3.49. The Kier molecular flexibility index (Phi) is 5.06. The van der Waals surface area contributed by atoms with E-state index in [1.54, 1.807) is 18.7 Å². The molecule has 6 rings (SSSR count). The predicted molar refractivity (Wildman–Crippen MR) is 136 cm³/mol. The molecule has 0 spiro atoms. The van der Waals surface area contributed by atoms with E-state index in [1.165, 1.54) is 18.5 Å². The van der Waals surface area contributed by atoms with Gasteiger partial charge < -0.3 is 25.0 Å². The molecule has 2 N–H and O–H groups in total. The molecule has 4 aromatic rings. The van der Waals surface area contributed by atoms with E-state index in [1.807, 2.05) is 24.9 Å². The first-order valence-electron chi connectivity index (χ1n) is 11.7. The molecule has 2 saturated heterocycles. The van der Waals surface area contributed by atoms with Crippen molar-refractivity contribution in [2.75, 3.05) is 42.7 Å². The summed E-state index contributed by atoms with van der Waals surface area (Å²) in [6.45, 7) is 2.29. The highest BCUT2D eigenvalue weighted by Crippen LogP contribution is 2.35. The van der Waals surface area contributed by atoms with Gasteiger partial charge in [-0.2, -0.15) is 0 Å². The van der Waals surface area contributed by atoms with Crippen molar-refractivity contribution in [3.05, 3.63) is 49.2 Å². The van der Waals surface area contributed by atoms with Crippen molar-refractivity contribution in [2.24, 2.45) is 7.05 Å². The van der Waals surface area contributed by atoms with Crippen molar-refractivity contribution < 1.29 is 0 Å². The second-order valence-electron chi connectivity index (χ2n) is 9.30. The van der Waals surface area contributed by atoms with Crippen LogP contribution >= 0.6 is 0 Å². The number of nitrogens with one attached hydrogen (secondary N) is 2. The van der Waals surface area contributed by atoms with Gasteiger partial charge in [0, 0.05) is 56.8 Å². The van der Waals surface area contributed by atoms with Crippen LogP contribution in [0.15, 0.2) is 49.2 Å². The molecule has 3 aromatic heterocycles. The molecule has 2 aliphatic heterocycles. The molecule has 9 nitrogen and oxygen atoms in total. The maximum absolute atomic E-state index is 4.77. The highest BCUT2D eigenvalue weighted by molar-refractivity contribution is 5.93. The van der Waals surface area contributed by atoms with Crippen LogP contribution in [0.4, 0.5) is 23.0 Å². The van der Waals surface area contributed by atoms with Gasteiger partial charge >= 0.3 is 0 Å². The lowest BCUT2D eigenvalue weighted by Crippen LogP contribution is -2.52. The number of anilines is 4. The largest absolute Gasteiger partial charge is 0.371 e. The zero-order valence-electron chi connectivity index (χ0n) is 19.7. The van der Waals surface area contributed by atoms with E-state index in [0.29, 0.717) is 23.7 Å². The number of rotatable bonds is 5. The molecular weight excluding hydrogens is 426 g/mol. The van der Waals surface area contributed by atoms with Crippen molar-refractivity contribution in [3.63, 3.8) is 0 Å². The third kappa shape index (κ3) is 3.52. The standard InChI is InChI=1S/C25H29N9/c1-26-25-24(20-10-27-11-21-23(20)29-15-33(21)3)28-12-22(31-25)30-16-4-6-17(7-5-16)34-18-8-9-19(34)14-32(2)13-18/h4-7,10-12,15,18-19H,8-9,13-14H2,1-3H3,(H2,26,30,31). The first-order valence-corrected chi connectivity index (χ1v) is 11.7. The highest BCUT2D eigenvalue weighted by atomic mass is 15.3. The zero-order chi connectivity index (χ0) is 23.2. The van der Waals surface area contributed by atoms with Crippen molar-refractivity contribution in [3.8, 4) is 11.3 Å².